The van der Waals surface area contributed by atoms with Crippen LogP contribution < -0.4 is 0 Å². The molecule has 94 valence electrons. The highest BCUT2D eigenvalue weighted by molar-refractivity contribution is 7.99. The fourth-order valence-electron chi connectivity index (χ4n) is 1.84. The maximum absolute atomic E-state index is 11.3. The maximum Gasteiger partial charge on any atom is 0.306 e. The van der Waals surface area contributed by atoms with Crippen molar-refractivity contribution in [3.63, 3.8) is 0 Å². The third-order valence-corrected chi connectivity index (χ3v) is 5.27. The minimum absolute atomic E-state index is 0.0547. The monoisotopic (exact) mass is 270 g/mol. The number of hydrogen-bond donors (Lipinski definition) is 0. The summed E-state index contributed by atoms with van der Waals surface area (Å²) in [6.45, 7) is 0. The van der Waals surface area contributed by atoms with Crippen molar-refractivity contribution >= 4 is 29.1 Å². The van der Waals surface area contributed by atoms with E-state index in [1.54, 1.807) is 11.3 Å². The zero-order valence-corrected chi connectivity index (χ0v) is 11.7. The molecule has 1 fully saturated rings. The highest BCUT2D eigenvalue weighted by Crippen LogP contribution is 2.51. The van der Waals surface area contributed by atoms with Crippen LogP contribution in [0.1, 0.15) is 24.8 Å². The van der Waals surface area contributed by atoms with Gasteiger partial charge in [0.2, 0.25) is 0 Å². The summed E-state index contributed by atoms with van der Waals surface area (Å²) in [5.41, 5.74) is 1.70. The van der Waals surface area contributed by atoms with Crippen LogP contribution in [-0.2, 0) is 16.0 Å². The lowest BCUT2D eigenvalue weighted by Crippen LogP contribution is -2.13. The van der Waals surface area contributed by atoms with E-state index in [2.05, 4.69) is 16.8 Å². The average Bonchev–Trinajstić information content (AvgIpc) is 2.89. The second-order valence-electron chi connectivity index (χ2n) is 4.69. The van der Waals surface area contributed by atoms with Crippen LogP contribution in [0.15, 0.2) is 16.8 Å². The van der Waals surface area contributed by atoms with Gasteiger partial charge in [-0.15, -0.1) is 0 Å². The molecule has 0 spiro atoms. The Bertz CT molecular complexity index is 356. The van der Waals surface area contributed by atoms with Crippen LogP contribution in [-0.4, -0.2) is 24.6 Å². The van der Waals surface area contributed by atoms with Crippen LogP contribution >= 0.6 is 23.1 Å². The van der Waals surface area contributed by atoms with Crippen LogP contribution in [0.3, 0.4) is 0 Å². The van der Waals surface area contributed by atoms with Gasteiger partial charge in [-0.2, -0.15) is 23.1 Å². The predicted molar refractivity (Wildman–Crippen MR) is 73.6 cm³/mol. The summed E-state index contributed by atoms with van der Waals surface area (Å²) in [6.07, 6.45) is 4.12. The van der Waals surface area contributed by atoms with Gasteiger partial charge < -0.3 is 4.74 Å². The third kappa shape index (κ3) is 4.03. The van der Waals surface area contributed by atoms with Gasteiger partial charge in [0.05, 0.1) is 13.5 Å². The van der Waals surface area contributed by atoms with Crippen molar-refractivity contribution in [2.24, 2.45) is 5.41 Å². The molecule has 0 unspecified atom stereocenters. The smallest absolute Gasteiger partial charge is 0.306 e. The largest absolute Gasteiger partial charge is 0.469 e. The quantitative estimate of drug-likeness (QED) is 0.561. The lowest BCUT2D eigenvalue weighted by atomic mass is 10.1. The van der Waals surface area contributed by atoms with Crippen molar-refractivity contribution in [3.8, 4) is 0 Å². The zero-order chi connectivity index (χ0) is 12.1. The second-order valence-corrected chi connectivity index (χ2v) is 6.57. The first-order valence-corrected chi connectivity index (χ1v) is 7.99. The molecule has 0 bridgehead atoms. The molecule has 0 aliphatic heterocycles. The summed E-state index contributed by atoms with van der Waals surface area (Å²) in [4.78, 5) is 11.3. The van der Waals surface area contributed by atoms with Crippen LogP contribution in [0.2, 0.25) is 0 Å². The molecule has 4 heteroatoms. The van der Waals surface area contributed by atoms with Crippen molar-refractivity contribution < 1.29 is 9.53 Å². The minimum Gasteiger partial charge on any atom is -0.469 e. The third-order valence-electron chi connectivity index (χ3n) is 3.23. The van der Waals surface area contributed by atoms with Gasteiger partial charge in [0.25, 0.3) is 0 Å². The zero-order valence-electron chi connectivity index (χ0n) is 10.1. The second kappa shape index (κ2) is 5.91. The molecule has 2 nitrogen and oxygen atoms in total. The predicted octanol–water partition coefficient (Wildman–Crippen LogP) is 3.37. The number of thioether (sulfide) groups is 1. The summed E-state index contributed by atoms with van der Waals surface area (Å²) >= 11 is 3.73. The van der Waals surface area contributed by atoms with E-state index in [0.717, 1.165) is 17.9 Å². The normalized spacial score (nSPS) is 16.8. The minimum atomic E-state index is -0.0547. The molecular formula is C13H18O2S2. The molecule has 1 aromatic heterocycles. The van der Waals surface area contributed by atoms with Gasteiger partial charge in [-0.05, 0) is 58.6 Å². The maximum atomic E-state index is 11.3. The number of hydrogen-bond acceptors (Lipinski definition) is 4. The van der Waals surface area contributed by atoms with Crippen LogP contribution in [0.25, 0.3) is 0 Å². The molecule has 17 heavy (non-hydrogen) atoms. The number of thiophene rings is 1. The fraction of sp³-hybridized carbons (Fsp3) is 0.615. The van der Waals surface area contributed by atoms with Gasteiger partial charge in [-0.25, -0.2) is 0 Å². The summed E-state index contributed by atoms with van der Waals surface area (Å²) in [6, 6.07) is 2.19. The number of methoxy groups -OCH3 is 1. The molecule has 1 aliphatic carbocycles. The van der Waals surface area contributed by atoms with Crippen LogP contribution in [0.5, 0.6) is 0 Å². The molecule has 0 amide bonds. The molecule has 0 aromatic carbocycles. The van der Waals surface area contributed by atoms with Crippen LogP contribution in [0.4, 0.5) is 0 Å². The highest BCUT2D eigenvalue weighted by atomic mass is 32.2. The first kappa shape index (κ1) is 13.0. The van der Waals surface area contributed by atoms with E-state index in [1.807, 2.05) is 11.8 Å². The Morgan fingerprint density at radius 1 is 1.59 bits per heavy atom. The van der Waals surface area contributed by atoms with Gasteiger partial charge in [0.1, 0.15) is 0 Å². The Balaban J connectivity index is 1.63. The van der Waals surface area contributed by atoms with E-state index >= 15 is 0 Å². The van der Waals surface area contributed by atoms with E-state index in [1.165, 1.54) is 25.5 Å². The fourth-order valence-corrected chi connectivity index (χ4v) is 3.89. The Kier molecular flexibility index (Phi) is 4.51. The average molecular weight is 270 g/mol. The molecule has 0 radical (unpaired) electrons. The van der Waals surface area contributed by atoms with Gasteiger partial charge in [-0.3, -0.25) is 4.79 Å². The highest BCUT2D eigenvalue weighted by Gasteiger charge is 2.44. The van der Waals surface area contributed by atoms with Crippen molar-refractivity contribution in [2.75, 3.05) is 18.6 Å². The lowest BCUT2D eigenvalue weighted by Gasteiger charge is -2.12. The lowest BCUT2D eigenvalue weighted by molar-refractivity contribution is -0.141. The standard InChI is InChI=1S/C13H18O2S2/c1-15-12(14)8-13(4-5-13)10-17-7-3-11-2-6-16-9-11/h2,6,9H,3-5,7-8,10H2,1H3. The van der Waals surface area contributed by atoms with E-state index in [0.29, 0.717) is 6.42 Å². The van der Waals surface area contributed by atoms with Crippen LogP contribution in [0, 0.1) is 5.41 Å². The molecule has 0 atom stereocenters. The Labute approximate surface area is 111 Å². The molecule has 1 heterocycles. The SMILES string of the molecule is COC(=O)CC1(CSCCc2ccsc2)CC1. The van der Waals surface area contributed by atoms with Gasteiger partial charge in [0.15, 0.2) is 0 Å². The summed E-state index contributed by atoms with van der Waals surface area (Å²) in [5.74, 6) is 2.20. The van der Waals surface area contributed by atoms with E-state index in [-0.39, 0.29) is 11.4 Å². The molecule has 1 saturated carbocycles. The molecule has 0 saturated heterocycles. The molecular weight excluding hydrogens is 252 g/mol. The molecule has 0 N–H and O–H groups in total. The molecule has 1 aromatic rings. The molecule has 2 rings (SSSR count). The Hall–Kier alpha value is -0.480. The summed E-state index contributed by atoms with van der Waals surface area (Å²) < 4.78 is 4.74. The number of carbonyl (C=O) groups is 1. The first-order valence-electron chi connectivity index (χ1n) is 5.90. The number of ether oxygens (including phenoxy) is 1. The number of aryl methyl sites for hydroxylation is 1. The van der Waals surface area contributed by atoms with E-state index < -0.39 is 0 Å². The summed E-state index contributed by atoms with van der Waals surface area (Å²) in [5, 5.41) is 4.33. The van der Waals surface area contributed by atoms with E-state index in [9.17, 15) is 4.79 Å². The van der Waals surface area contributed by atoms with Gasteiger partial charge >= 0.3 is 5.97 Å². The van der Waals surface area contributed by atoms with E-state index in [4.69, 9.17) is 4.74 Å². The Morgan fingerprint density at radius 2 is 2.41 bits per heavy atom. The van der Waals surface area contributed by atoms with Gasteiger partial charge in [-0.1, -0.05) is 0 Å². The summed E-state index contributed by atoms with van der Waals surface area (Å²) in [7, 11) is 1.47. The molecule has 1 aliphatic rings. The number of carbonyl (C=O) groups excluding carboxylic acids is 1. The topological polar surface area (TPSA) is 26.3 Å². The van der Waals surface area contributed by atoms with Crippen molar-refractivity contribution in [1.29, 1.82) is 0 Å². The van der Waals surface area contributed by atoms with Crippen molar-refractivity contribution in [3.05, 3.63) is 22.4 Å². The first-order chi connectivity index (χ1) is 8.24. The number of rotatable bonds is 7. The van der Waals surface area contributed by atoms with Gasteiger partial charge in [0, 0.05) is 0 Å². The Morgan fingerprint density at radius 3 is 3.00 bits per heavy atom. The number of esters is 1. The van der Waals surface area contributed by atoms with Crippen molar-refractivity contribution in [2.45, 2.75) is 25.7 Å². The van der Waals surface area contributed by atoms with Crippen molar-refractivity contribution in [1.82, 2.24) is 0 Å².